The van der Waals surface area contributed by atoms with E-state index in [0.717, 1.165) is 12.1 Å². The molecule has 28 heavy (non-hydrogen) atoms. The van der Waals surface area contributed by atoms with Gasteiger partial charge in [-0.05, 0) is 60.7 Å². The molecule has 0 aromatic heterocycles. The zero-order valence-corrected chi connectivity index (χ0v) is 15.3. The molecule has 0 radical (unpaired) electrons. The van der Waals surface area contributed by atoms with Crippen molar-refractivity contribution in [2.45, 2.75) is 26.1 Å². The fourth-order valence-electron chi connectivity index (χ4n) is 3.00. The van der Waals surface area contributed by atoms with Crippen molar-refractivity contribution >= 4 is 22.4 Å². The van der Waals surface area contributed by atoms with E-state index in [4.69, 9.17) is 5.73 Å². The number of nitrogen functional groups attached to an aromatic ring is 1. The first-order valence-electron chi connectivity index (χ1n) is 8.61. The molecule has 3 aromatic carbocycles. The van der Waals surface area contributed by atoms with Gasteiger partial charge in [-0.15, -0.1) is 0 Å². The van der Waals surface area contributed by atoms with Gasteiger partial charge in [0.25, 0.3) is 5.91 Å². The maximum Gasteiger partial charge on any atom is 0.416 e. The van der Waals surface area contributed by atoms with Gasteiger partial charge in [0.2, 0.25) is 0 Å². The number of halogens is 3. The normalized spacial score (nSPS) is 11.8. The molecule has 0 aliphatic rings. The van der Waals surface area contributed by atoms with Crippen molar-refractivity contribution in [2.75, 3.05) is 5.73 Å². The summed E-state index contributed by atoms with van der Waals surface area (Å²) in [6, 6.07) is 10.9. The van der Waals surface area contributed by atoms with E-state index >= 15 is 0 Å². The minimum atomic E-state index is -4.42. The summed E-state index contributed by atoms with van der Waals surface area (Å²) in [6.07, 6.45) is -4.42. The van der Waals surface area contributed by atoms with Gasteiger partial charge in [-0.1, -0.05) is 18.2 Å². The van der Waals surface area contributed by atoms with Crippen LogP contribution in [0.25, 0.3) is 21.9 Å². The van der Waals surface area contributed by atoms with Gasteiger partial charge >= 0.3 is 6.18 Å². The minimum absolute atomic E-state index is 0.0552. The summed E-state index contributed by atoms with van der Waals surface area (Å²) in [4.78, 5) is 12.3. The number of phenols is 1. The van der Waals surface area contributed by atoms with E-state index < -0.39 is 11.7 Å². The number of alkyl halides is 3. The SMILES string of the molecule is CC(C)NC(=O)c1ccc2c(-c3ccc(C(F)(F)F)cc3)cc(N)c(O)c2c1. The lowest BCUT2D eigenvalue weighted by molar-refractivity contribution is -0.137. The Labute approximate surface area is 159 Å². The molecule has 0 bridgehead atoms. The average Bonchev–Trinajstić information content (AvgIpc) is 2.63. The van der Waals surface area contributed by atoms with E-state index in [-0.39, 0.29) is 23.4 Å². The number of aromatic hydroxyl groups is 1. The van der Waals surface area contributed by atoms with Gasteiger partial charge in [0.05, 0.1) is 11.3 Å². The number of hydrogen-bond donors (Lipinski definition) is 3. The van der Waals surface area contributed by atoms with E-state index in [1.165, 1.54) is 24.3 Å². The molecule has 146 valence electrons. The van der Waals surface area contributed by atoms with Crippen LogP contribution in [0, 0.1) is 0 Å². The summed E-state index contributed by atoms with van der Waals surface area (Å²) >= 11 is 0. The zero-order valence-electron chi connectivity index (χ0n) is 15.3. The number of rotatable bonds is 3. The summed E-state index contributed by atoms with van der Waals surface area (Å²) < 4.78 is 38.4. The molecular weight excluding hydrogens is 369 g/mol. The molecule has 0 aliphatic heterocycles. The van der Waals surface area contributed by atoms with Gasteiger partial charge in [-0.25, -0.2) is 0 Å². The first-order chi connectivity index (χ1) is 13.1. The molecule has 0 saturated carbocycles. The van der Waals surface area contributed by atoms with Crippen LogP contribution in [0.4, 0.5) is 18.9 Å². The maximum absolute atomic E-state index is 12.8. The predicted molar refractivity (Wildman–Crippen MR) is 103 cm³/mol. The highest BCUT2D eigenvalue weighted by molar-refractivity contribution is 6.07. The molecule has 0 spiro atoms. The van der Waals surface area contributed by atoms with Crippen LogP contribution in [0.5, 0.6) is 5.75 Å². The van der Waals surface area contributed by atoms with E-state index in [1.54, 1.807) is 12.1 Å². The quantitative estimate of drug-likeness (QED) is 0.439. The third-order valence-electron chi connectivity index (χ3n) is 4.34. The van der Waals surface area contributed by atoms with Crippen LogP contribution in [0.3, 0.4) is 0 Å². The molecule has 0 heterocycles. The standard InChI is InChI=1S/C21H19F3N2O2/c1-11(2)26-20(28)13-5-8-15-16(10-18(25)19(27)17(15)9-13)12-3-6-14(7-4-12)21(22,23)24/h3-11,27H,25H2,1-2H3,(H,26,28). The molecule has 1 amide bonds. The number of hydrogen-bond acceptors (Lipinski definition) is 3. The Bertz CT molecular complexity index is 1040. The third kappa shape index (κ3) is 3.74. The lowest BCUT2D eigenvalue weighted by Crippen LogP contribution is -2.29. The molecule has 0 aliphatic carbocycles. The molecule has 3 aromatic rings. The summed E-state index contributed by atoms with van der Waals surface area (Å²) in [5.74, 6) is -0.473. The van der Waals surface area contributed by atoms with Crippen LogP contribution in [-0.4, -0.2) is 17.1 Å². The number of nitrogens with one attached hydrogen (secondary N) is 1. The highest BCUT2D eigenvalue weighted by atomic mass is 19.4. The highest BCUT2D eigenvalue weighted by Gasteiger charge is 2.30. The second-order valence-corrected chi connectivity index (χ2v) is 6.83. The van der Waals surface area contributed by atoms with Crippen molar-refractivity contribution in [3.63, 3.8) is 0 Å². The number of carbonyl (C=O) groups is 1. The van der Waals surface area contributed by atoms with Crippen LogP contribution in [0.2, 0.25) is 0 Å². The van der Waals surface area contributed by atoms with E-state index in [9.17, 15) is 23.1 Å². The molecule has 7 heteroatoms. The molecule has 4 N–H and O–H groups in total. The Balaban J connectivity index is 2.14. The average molecular weight is 388 g/mol. The number of nitrogens with two attached hydrogens (primary N) is 1. The molecular formula is C21H19F3N2O2. The minimum Gasteiger partial charge on any atom is -0.505 e. The second kappa shape index (κ2) is 7.07. The van der Waals surface area contributed by atoms with Crippen LogP contribution in [-0.2, 0) is 6.18 Å². The van der Waals surface area contributed by atoms with Crippen LogP contribution in [0.15, 0.2) is 48.5 Å². The Hall–Kier alpha value is -3.22. The number of phenolic OH excluding ortho intramolecular Hbond substituents is 1. The number of fused-ring (bicyclic) bond motifs is 1. The third-order valence-corrected chi connectivity index (χ3v) is 4.34. The van der Waals surface area contributed by atoms with Gasteiger partial charge in [0, 0.05) is 17.0 Å². The number of anilines is 1. The van der Waals surface area contributed by atoms with Crippen LogP contribution >= 0.6 is 0 Å². The van der Waals surface area contributed by atoms with E-state index in [2.05, 4.69) is 5.32 Å². The largest absolute Gasteiger partial charge is 0.505 e. The smallest absolute Gasteiger partial charge is 0.416 e. The lowest BCUT2D eigenvalue weighted by atomic mass is 9.94. The van der Waals surface area contributed by atoms with Crippen molar-refractivity contribution in [1.82, 2.24) is 5.32 Å². The van der Waals surface area contributed by atoms with Crippen molar-refractivity contribution in [2.24, 2.45) is 0 Å². The first kappa shape index (κ1) is 19.5. The summed E-state index contributed by atoms with van der Waals surface area (Å²) in [6.45, 7) is 3.66. The fraction of sp³-hybridized carbons (Fsp3) is 0.190. The zero-order chi connectivity index (χ0) is 20.6. The molecule has 0 atom stereocenters. The fourth-order valence-corrected chi connectivity index (χ4v) is 3.00. The van der Waals surface area contributed by atoms with Crippen LogP contribution < -0.4 is 11.1 Å². The summed E-state index contributed by atoms with van der Waals surface area (Å²) in [5, 5.41) is 14.1. The lowest BCUT2D eigenvalue weighted by Gasteiger charge is -2.14. The topological polar surface area (TPSA) is 75.4 Å². The summed E-state index contributed by atoms with van der Waals surface area (Å²) in [5.41, 5.74) is 6.65. The Morgan fingerprint density at radius 3 is 2.25 bits per heavy atom. The first-order valence-corrected chi connectivity index (χ1v) is 8.61. The molecule has 0 unspecified atom stereocenters. The van der Waals surface area contributed by atoms with Crippen molar-refractivity contribution in [1.29, 1.82) is 0 Å². The van der Waals surface area contributed by atoms with Crippen LogP contribution in [0.1, 0.15) is 29.8 Å². The highest BCUT2D eigenvalue weighted by Crippen LogP contribution is 2.39. The van der Waals surface area contributed by atoms with E-state index in [0.29, 0.717) is 27.5 Å². The van der Waals surface area contributed by atoms with Gasteiger partial charge in [0.1, 0.15) is 5.75 Å². The Morgan fingerprint density at radius 1 is 1.04 bits per heavy atom. The van der Waals surface area contributed by atoms with Crippen molar-refractivity contribution in [3.05, 3.63) is 59.7 Å². The molecule has 3 rings (SSSR count). The Morgan fingerprint density at radius 2 is 1.68 bits per heavy atom. The van der Waals surface area contributed by atoms with Crippen molar-refractivity contribution < 1.29 is 23.1 Å². The maximum atomic E-state index is 12.8. The molecule has 0 fully saturated rings. The van der Waals surface area contributed by atoms with Gasteiger partial charge in [0.15, 0.2) is 0 Å². The Kier molecular flexibility index (Phi) is 4.93. The number of carbonyl (C=O) groups excluding carboxylic acids is 1. The van der Waals surface area contributed by atoms with Gasteiger partial charge in [-0.2, -0.15) is 13.2 Å². The number of amides is 1. The monoisotopic (exact) mass is 388 g/mol. The second-order valence-electron chi connectivity index (χ2n) is 6.83. The number of benzene rings is 3. The van der Waals surface area contributed by atoms with Crippen molar-refractivity contribution in [3.8, 4) is 16.9 Å². The van der Waals surface area contributed by atoms with Gasteiger partial charge in [-0.3, -0.25) is 4.79 Å². The molecule has 4 nitrogen and oxygen atoms in total. The van der Waals surface area contributed by atoms with Gasteiger partial charge < -0.3 is 16.2 Å². The predicted octanol–water partition coefficient (Wildman–Crippen LogP) is 4.95. The van der Waals surface area contributed by atoms with E-state index in [1.807, 2.05) is 13.8 Å². The molecule has 0 saturated heterocycles. The summed E-state index contributed by atoms with van der Waals surface area (Å²) in [7, 11) is 0.